The molecule has 0 aromatic heterocycles. The van der Waals surface area contributed by atoms with E-state index in [4.69, 9.17) is 11.6 Å². The van der Waals surface area contributed by atoms with Gasteiger partial charge in [-0.15, -0.1) is 0 Å². The molecule has 2 N–H and O–H groups in total. The molecular formula is C18H20ClNO3S. The fourth-order valence-corrected chi connectivity index (χ4v) is 4.14. The summed E-state index contributed by atoms with van der Waals surface area (Å²) < 4.78 is 27.3. The summed E-state index contributed by atoms with van der Waals surface area (Å²) in [4.78, 5) is 0. The number of halogens is 1. The van der Waals surface area contributed by atoms with Crippen LogP contribution < -0.4 is 4.72 Å². The highest BCUT2D eigenvalue weighted by molar-refractivity contribution is 7.88. The summed E-state index contributed by atoms with van der Waals surface area (Å²) in [6.07, 6.45) is 1.81. The van der Waals surface area contributed by atoms with Crippen molar-refractivity contribution < 1.29 is 13.5 Å². The summed E-state index contributed by atoms with van der Waals surface area (Å²) in [5.74, 6) is -0.0437. The highest BCUT2D eigenvalue weighted by Crippen LogP contribution is 2.45. The predicted molar refractivity (Wildman–Crippen MR) is 95.1 cm³/mol. The fourth-order valence-electron chi connectivity index (χ4n) is 2.84. The Bertz CT molecular complexity index is 789. The van der Waals surface area contributed by atoms with Gasteiger partial charge in [0.15, 0.2) is 0 Å². The smallest absolute Gasteiger partial charge is 0.215 e. The van der Waals surface area contributed by atoms with Crippen molar-refractivity contribution in [2.75, 3.05) is 6.54 Å². The average molecular weight is 366 g/mol. The standard InChI is InChI=1S/C18H20ClNO3S/c19-17-10-6-14(7-11-17)12-24(22,23)20-13-18(21,16-8-9-16)15-4-2-1-3-5-15/h1-7,10-11,16,20-21H,8-9,12-13H2. The van der Waals surface area contributed by atoms with Crippen LogP contribution in [0.3, 0.4) is 0 Å². The lowest BCUT2D eigenvalue weighted by Gasteiger charge is -2.29. The number of aliphatic hydroxyl groups is 1. The van der Waals surface area contributed by atoms with Gasteiger partial charge in [-0.05, 0) is 42.0 Å². The minimum atomic E-state index is -3.55. The molecule has 1 saturated carbocycles. The molecule has 0 bridgehead atoms. The van der Waals surface area contributed by atoms with Crippen molar-refractivity contribution in [3.8, 4) is 0 Å². The second kappa shape index (κ2) is 6.84. The zero-order valence-corrected chi connectivity index (χ0v) is 14.7. The Balaban J connectivity index is 1.71. The number of rotatable bonds is 7. The van der Waals surface area contributed by atoms with Crippen LogP contribution >= 0.6 is 11.6 Å². The molecule has 1 aliphatic carbocycles. The molecule has 1 atom stereocenters. The van der Waals surface area contributed by atoms with Crippen LogP contribution in [0.1, 0.15) is 24.0 Å². The van der Waals surface area contributed by atoms with Crippen LogP contribution in [0.4, 0.5) is 0 Å². The van der Waals surface area contributed by atoms with Crippen LogP contribution in [0.25, 0.3) is 0 Å². The van der Waals surface area contributed by atoms with Gasteiger partial charge in [0, 0.05) is 11.6 Å². The van der Waals surface area contributed by atoms with Crippen LogP contribution in [0, 0.1) is 5.92 Å². The molecule has 3 rings (SSSR count). The molecule has 6 heteroatoms. The largest absolute Gasteiger partial charge is 0.383 e. The Morgan fingerprint density at radius 3 is 2.29 bits per heavy atom. The topological polar surface area (TPSA) is 66.4 Å². The van der Waals surface area contributed by atoms with Gasteiger partial charge in [0.2, 0.25) is 10.0 Å². The van der Waals surface area contributed by atoms with Crippen molar-refractivity contribution in [1.82, 2.24) is 4.72 Å². The third-order valence-corrected chi connectivity index (χ3v) is 5.91. The van der Waals surface area contributed by atoms with Crippen LogP contribution in [0.2, 0.25) is 5.02 Å². The zero-order chi connectivity index (χ0) is 17.2. The van der Waals surface area contributed by atoms with E-state index in [9.17, 15) is 13.5 Å². The van der Waals surface area contributed by atoms with E-state index in [1.54, 1.807) is 24.3 Å². The molecule has 1 fully saturated rings. The Hall–Kier alpha value is -1.40. The number of hydrogen-bond acceptors (Lipinski definition) is 3. The molecule has 0 radical (unpaired) electrons. The van der Waals surface area contributed by atoms with Gasteiger partial charge in [-0.3, -0.25) is 0 Å². The first kappa shape index (κ1) is 17.4. The van der Waals surface area contributed by atoms with Crippen molar-refractivity contribution in [1.29, 1.82) is 0 Å². The predicted octanol–water partition coefficient (Wildman–Crippen LogP) is 3.06. The number of sulfonamides is 1. The highest BCUT2D eigenvalue weighted by atomic mass is 35.5. The molecule has 0 saturated heterocycles. The van der Waals surface area contributed by atoms with Crippen LogP contribution in [-0.2, 0) is 21.4 Å². The maximum absolute atomic E-state index is 12.4. The summed E-state index contributed by atoms with van der Waals surface area (Å²) in [5.41, 5.74) is 0.247. The van der Waals surface area contributed by atoms with Crippen LogP contribution in [0.15, 0.2) is 54.6 Å². The van der Waals surface area contributed by atoms with Crippen LogP contribution in [0.5, 0.6) is 0 Å². The second-order valence-electron chi connectivity index (χ2n) is 6.27. The van der Waals surface area contributed by atoms with E-state index >= 15 is 0 Å². The lowest BCUT2D eigenvalue weighted by atomic mass is 9.89. The van der Waals surface area contributed by atoms with Crippen molar-refractivity contribution in [3.63, 3.8) is 0 Å². The number of benzene rings is 2. The van der Waals surface area contributed by atoms with E-state index in [0.717, 1.165) is 18.4 Å². The number of nitrogens with one attached hydrogen (secondary N) is 1. The molecule has 128 valence electrons. The van der Waals surface area contributed by atoms with Gasteiger partial charge in [0.05, 0.1) is 5.75 Å². The molecule has 0 heterocycles. The summed E-state index contributed by atoms with van der Waals surface area (Å²) in [5, 5.41) is 11.6. The average Bonchev–Trinajstić information content (AvgIpc) is 3.41. The molecular weight excluding hydrogens is 346 g/mol. The Morgan fingerprint density at radius 1 is 1.08 bits per heavy atom. The SMILES string of the molecule is O=S(=O)(Cc1ccc(Cl)cc1)NCC(O)(c1ccccc1)C1CC1. The molecule has 4 nitrogen and oxygen atoms in total. The van der Waals surface area contributed by atoms with Gasteiger partial charge in [-0.1, -0.05) is 54.1 Å². The van der Waals surface area contributed by atoms with E-state index in [0.29, 0.717) is 10.6 Å². The Kier molecular flexibility index (Phi) is 4.97. The maximum atomic E-state index is 12.4. The monoisotopic (exact) mass is 365 g/mol. The second-order valence-corrected chi connectivity index (χ2v) is 8.51. The molecule has 1 unspecified atom stereocenters. The third-order valence-electron chi connectivity index (χ3n) is 4.36. The summed E-state index contributed by atoms with van der Waals surface area (Å²) in [6, 6.07) is 16.0. The first-order chi connectivity index (χ1) is 11.4. The summed E-state index contributed by atoms with van der Waals surface area (Å²) >= 11 is 5.82. The Labute approximate surface area is 147 Å². The molecule has 1 aliphatic rings. The van der Waals surface area contributed by atoms with Gasteiger partial charge in [0.25, 0.3) is 0 Å². The zero-order valence-electron chi connectivity index (χ0n) is 13.2. The van der Waals surface area contributed by atoms with Gasteiger partial charge in [-0.2, -0.15) is 0 Å². The molecule has 2 aromatic carbocycles. The minimum Gasteiger partial charge on any atom is -0.383 e. The maximum Gasteiger partial charge on any atom is 0.215 e. The van der Waals surface area contributed by atoms with Gasteiger partial charge < -0.3 is 5.11 Å². The first-order valence-corrected chi connectivity index (χ1v) is 9.92. The van der Waals surface area contributed by atoms with Gasteiger partial charge >= 0.3 is 0 Å². The number of hydrogen-bond donors (Lipinski definition) is 2. The van der Waals surface area contributed by atoms with Crippen molar-refractivity contribution in [2.24, 2.45) is 5.92 Å². The van der Waals surface area contributed by atoms with Crippen molar-refractivity contribution in [3.05, 3.63) is 70.7 Å². The van der Waals surface area contributed by atoms with Crippen LogP contribution in [-0.4, -0.2) is 20.1 Å². The van der Waals surface area contributed by atoms with Gasteiger partial charge in [-0.25, -0.2) is 13.1 Å². The van der Waals surface area contributed by atoms with Crippen molar-refractivity contribution in [2.45, 2.75) is 24.2 Å². The lowest BCUT2D eigenvalue weighted by Crippen LogP contribution is -2.42. The highest BCUT2D eigenvalue weighted by Gasteiger charge is 2.45. The third kappa shape index (κ3) is 4.16. The Morgan fingerprint density at radius 2 is 1.71 bits per heavy atom. The van der Waals surface area contributed by atoms with Crippen molar-refractivity contribution >= 4 is 21.6 Å². The molecule has 2 aromatic rings. The van der Waals surface area contributed by atoms with E-state index in [1.807, 2.05) is 30.3 Å². The molecule has 24 heavy (non-hydrogen) atoms. The van der Waals surface area contributed by atoms with E-state index < -0.39 is 15.6 Å². The fraction of sp³-hybridized carbons (Fsp3) is 0.333. The molecule has 0 amide bonds. The normalized spacial score (nSPS) is 17.4. The van der Waals surface area contributed by atoms with Gasteiger partial charge in [0.1, 0.15) is 5.60 Å². The summed E-state index contributed by atoms with van der Waals surface area (Å²) in [7, 11) is -3.55. The molecule has 0 spiro atoms. The minimum absolute atomic E-state index is 0.0163. The van der Waals surface area contributed by atoms with E-state index in [1.165, 1.54) is 0 Å². The van der Waals surface area contributed by atoms with E-state index in [-0.39, 0.29) is 18.2 Å². The summed E-state index contributed by atoms with van der Waals surface area (Å²) in [6.45, 7) is -0.0163. The lowest BCUT2D eigenvalue weighted by molar-refractivity contribution is 0.0185. The van der Waals surface area contributed by atoms with E-state index in [2.05, 4.69) is 4.72 Å². The first-order valence-electron chi connectivity index (χ1n) is 7.89. The molecule has 0 aliphatic heterocycles. The quantitative estimate of drug-likeness (QED) is 0.792.